The molecule has 2 heterocycles. The molecule has 1 aromatic heterocycles. The zero-order chi connectivity index (χ0) is 15.2. The Balaban J connectivity index is 1.90. The van der Waals surface area contributed by atoms with Gasteiger partial charge in [-0.3, -0.25) is 9.69 Å². The van der Waals surface area contributed by atoms with Crippen LogP contribution in [0.3, 0.4) is 0 Å². The lowest BCUT2D eigenvalue weighted by molar-refractivity contribution is -0.123. The van der Waals surface area contributed by atoms with Crippen LogP contribution in [0, 0.1) is 5.92 Å². The molecule has 1 aliphatic rings. The quantitative estimate of drug-likeness (QED) is 0.812. The first-order valence-electron chi connectivity index (χ1n) is 7.83. The maximum atomic E-state index is 12.4. The smallest absolute Gasteiger partial charge is 0.234 e. The molecule has 0 bridgehead atoms. The molecule has 1 saturated heterocycles. The van der Waals surface area contributed by atoms with Crippen molar-refractivity contribution in [2.24, 2.45) is 5.92 Å². The van der Waals surface area contributed by atoms with Crippen LogP contribution in [0.2, 0.25) is 0 Å². The van der Waals surface area contributed by atoms with Gasteiger partial charge in [0.25, 0.3) is 0 Å². The lowest BCUT2D eigenvalue weighted by Gasteiger charge is -2.26. The van der Waals surface area contributed by atoms with E-state index in [1.165, 1.54) is 17.7 Å². The van der Waals surface area contributed by atoms with Crippen LogP contribution in [-0.2, 0) is 4.79 Å². The van der Waals surface area contributed by atoms with Gasteiger partial charge in [0.1, 0.15) is 0 Å². The van der Waals surface area contributed by atoms with Gasteiger partial charge in [-0.15, -0.1) is 11.3 Å². The summed E-state index contributed by atoms with van der Waals surface area (Å²) in [6.07, 6.45) is 2.38. The Labute approximate surface area is 131 Å². The molecular weight excluding hydrogens is 282 g/mol. The summed E-state index contributed by atoms with van der Waals surface area (Å²) in [5, 5.41) is 8.51. The number of rotatable bonds is 7. The van der Waals surface area contributed by atoms with Crippen LogP contribution in [0.5, 0.6) is 0 Å². The second-order valence-corrected chi connectivity index (χ2v) is 7.11. The first kappa shape index (κ1) is 16.5. The summed E-state index contributed by atoms with van der Waals surface area (Å²) in [5.74, 6) is 0.546. The zero-order valence-corrected chi connectivity index (χ0v) is 14.1. The Bertz CT molecular complexity index is 433. The van der Waals surface area contributed by atoms with Gasteiger partial charge in [-0.05, 0) is 43.8 Å². The minimum absolute atomic E-state index is 0.128. The van der Waals surface area contributed by atoms with Crippen molar-refractivity contribution in [2.75, 3.05) is 26.7 Å². The number of carbonyl (C=O) groups is 1. The van der Waals surface area contributed by atoms with Gasteiger partial charge in [-0.1, -0.05) is 19.9 Å². The number of hydrogen-bond acceptors (Lipinski definition) is 4. The van der Waals surface area contributed by atoms with E-state index in [1.807, 2.05) is 13.1 Å². The van der Waals surface area contributed by atoms with E-state index >= 15 is 0 Å². The number of nitrogens with zero attached hydrogens (tertiary/aromatic N) is 1. The van der Waals surface area contributed by atoms with Crippen molar-refractivity contribution in [1.82, 2.24) is 15.5 Å². The third-order valence-electron chi connectivity index (χ3n) is 4.12. The molecule has 21 heavy (non-hydrogen) atoms. The molecule has 2 unspecified atom stereocenters. The molecule has 2 N–H and O–H groups in total. The first-order valence-corrected chi connectivity index (χ1v) is 8.71. The normalized spacial score (nSPS) is 20.9. The number of thiophene rings is 1. The number of likely N-dealkylation sites (tertiary alicyclic amines) is 1. The molecule has 0 spiro atoms. The zero-order valence-electron chi connectivity index (χ0n) is 13.3. The van der Waals surface area contributed by atoms with Gasteiger partial charge in [-0.25, -0.2) is 0 Å². The average molecular weight is 309 g/mol. The predicted molar refractivity (Wildman–Crippen MR) is 88.6 cm³/mol. The van der Waals surface area contributed by atoms with E-state index in [1.54, 1.807) is 11.3 Å². The fourth-order valence-corrected chi connectivity index (χ4v) is 3.96. The average Bonchev–Trinajstić information content (AvgIpc) is 3.08. The largest absolute Gasteiger partial charge is 0.347 e. The molecule has 0 aliphatic carbocycles. The van der Waals surface area contributed by atoms with E-state index in [-0.39, 0.29) is 11.9 Å². The van der Waals surface area contributed by atoms with Gasteiger partial charge in [0, 0.05) is 17.5 Å². The highest BCUT2D eigenvalue weighted by Crippen LogP contribution is 2.26. The molecule has 118 valence electrons. The number of carbonyl (C=O) groups excluding carboxylic acids is 1. The van der Waals surface area contributed by atoms with Gasteiger partial charge < -0.3 is 10.6 Å². The fraction of sp³-hybridized carbons (Fsp3) is 0.688. The highest BCUT2D eigenvalue weighted by atomic mass is 32.1. The lowest BCUT2D eigenvalue weighted by atomic mass is 10.0. The SMILES string of the molecule is CNCC1CCCN1CC(=O)NC(c1cccs1)C(C)C. The molecule has 0 aromatic carbocycles. The standard InChI is InChI=1S/C16H27N3OS/c1-12(2)16(14-7-5-9-21-14)18-15(20)11-19-8-4-6-13(19)10-17-3/h5,7,9,12-13,16-17H,4,6,8,10-11H2,1-3H3,(H,18,20). The molecule has 1 fully saturated rings. The third-order valence-corrected chi connectivity index (χ3v) is 5.07. The van der Waals surface area contributed by atoms with Crippen molar-refractivity contribution < 1.29 is 4.79 Å². The van der Waals surface area contributed by atoms with Crippen LogP contribution in [-0.4, -0.2) is 43.5 Å². The molecule has 5 heteroatoms. The summed E-state index contributed by atoms with van der Waals surface area (Å²) >= 11 is 1.71. The third kappa shape index (κ3) is 4.53. The van der Waals surface area contributed by atoms with Gasteiger partial charge in [0.15, 0.2) is 0 Å². The second-order valence-electron chi connectivity index (χ2n) is 6.13. The van der Waals surface area contributed by atoms with Crippen LogP contribution >= 0.6 is 11.3 Å². The molecule has 4 nitrogen and oxygen atoms in total. The van der Waals surface area contributed by atoms with Crippen LogP contribution in [0.4, 0.5) is 0 Å². The molecule has 0 radical (unpaired) electrons. The maximum Gasteiger partial charge on any atom is 0.234 e. The van der Waals surface area contributed by atoms with Crippen LogP contribution in [0.15, 0.2) is 17.5 Å². The highest BCUT2D eigenvalue weighted by molar-refractivity contribution is 7.10. The Morgan fingerprint density at radius 2 is 2.33 bits per heavy atom. The van der Waals surface area contributed by atoms with Crippen LogP contribution in [0.25, 0.3) is 0 Å². The Kier molecular flexibility index (Phi) is 6.21. The van der Waals surface area contributed by atoms with Gasteiger partial charge >= 0.3 is 0 Å². The first-order chi connectivity index (χ1) is 10.1. The fourth-order valence-electron chi connectivity index (χ4n) is 3.01. The Hall–Kier alpha value is -0.910. The van der Waals surface area contributed by atoms with Gasteiger partial charge in [0.2, 0.25) is 5.91 Å². The predicted octanol–water partition coefficient (Wildman–Crippen LogP) is 2.25. The minimum Gasteiger partial charge on any atom is -0.347 e. The van der Waals surface area contributed by atoms with Gasteiger partial charge in [-0.2, -0.15) is 0 Å². The van der Waals surface area contributed by atoms with E-state index < -0.39 is 0 Å². The summed E-state index contributed by atoms with van der Waals surface area (Å²) in [6, 6.07) is 4.78. The highest BCUT2D eigenvalue weighted by Gasteiger charge is 2.27. The number of hydrogen-bond donors (Lipinski definition) is 2. The van der Waals surface area contributed by atoms with E-state index in [9.17, 15) is 4.79 Å². The number of likely N-dealkylation sites (N-methyl/N-ethyl adjacent to an activating group) is 1. The molecular formula is C16H27N3OS. The van der Waals surface area contributed by atoms with E-state index in [4.69, 9.17) is 0 Å². The summed E-state index contributed by atoms with van der Waals surface area (Å²) in [7, 11) is 1.97. The number of amides is 1. The van der Waals surface area contributed by atoms with Crippen molar-refractivity contribution in [3.63, 3.8) is 0 Å². The van der Waals surface area contributed by atoms with E-state index in [2.05, 4.69) is 40.8 Å². The van der Waals surface area contributed by atoms with E-state index in [0.29, 0.717) is 18.5 Å². The van der Waals surface area contributed by atoms with Crippen molar-refractivity contribution in [3.8, 4) is 0 Å². The lowest BCUT2D eigenvalue weighted by Crippen LogP contribution is -2.44. The molecule has 1 aromatic rings. The Morgan fingerprint density at radius 3 is 2.95 bits per heavy atom. The van der Waals surface area contributed by atoms with Crippen molar-refractivity contribution in [2.45, 2.75) is 38.8 Å². The summed E-state index contributed by atoms with van der Waals surface area (Å²) in [4.78, 5) is 15.9. The molecule has 1 amide bonds. The van der Waals surface area contributed by atoms with Crippen molar-refractivity contribution in [1.29, 1.82) is 0 Å². The molecule has 2 atom stereocenters. The second kappa shape index (κ2) is 7.92. The minimum atomic E-state index is 0.128. The maximum absolute atomic E-state index is 12.4. The van der Waals surface area contributed by atoms with Crippen LogP contribution < -0.4 is 10.6 Å². The van der Waals surface area contributed by atoms with Crippen molar-refractivity contribution >= 4 is 17.2 Å². The Morgan fingerprint density at radius 1 is 1.52 bits per heavy atom. The molecule has 2 rings (SSSR count). The summed E-state index contributed by atoms with van der Waals surface area (Å²) in [6.45, 7) is 6.83. The van der Waals surface area contributed by atoms with Crippen LogP contribution in [0.1, 0.15) is 37.6 Å². The summed E-state index contributed by atoms with van der Waals surface area (Å²) in [5.41, 5.74) is 0. The molecule has 1 aliphatic heterocycles. The molecule has 0 saturated carbocycles. The van der Waals surface area contributed by atoms with E-state index in [0.717, 1.165) is 13.1 Å². The monoisotopic (exact) mass is 309 g/mol. The van der Waals surface area contributed by atoms with Gasteiger partial charge in [0.05, 0.1) is 12.6 Å². The topological polar surface area (TPSA) is 44.4 Å². The summed E-state index contributed by atoms with van der Waals surface area (Å²) < 4.78 is 0. The number of nitrogens with one attached hydrogen (secondary N) is 2. The van der Waals surface area contributed by atoms with Crippen molar-refractivity contribution in [3.05, 3.63) is 22.4 Å².